The molecule has 1 aromatic carbocycles. The van der Waals surface area contributed by atoms with E-state index in [1.54, 1.807) is 4.90 Å². The van der Waals surface area contributed by atoms with E-state index in [0.717, 1.165) is 30.8 Å². The number of nitrogens with one attached hydrogen (secondary N) is 3. The zero-order valence-corrected chi connectivity index (χ0v) is 16.6. The van der Waals surface area contributed by atoms with Gasteiger partial charge in [-0.3, -0.25) is 19.7 Å². The molecule has 3 amide bonds. The summed E-state index contributed by atoms with van der Waals surface area (Å²) in [6.45, 7) is 3.25. The van der Waals surface area contributed by atoms with Crippen molar-refractivity contribution >= 4 is 17.7 Å². The normalized spacial score (nSPS) is 27.9. The van der Waals surface area contributed by atoms with Gasteiger partial charge in [-0.05, 0) is 54.7 Å². The smallest absolute Gasteiger partial charge is 0.255 e. The van der Waals surface area contributed by atoms with Crippen molar-refractivity contribution in [1.29, 1.82) is 0 Å². The first kappa shape index (κ1) is 18.8. The Labute approximate surface area is 170 Å². The second kappa shape index (κ2) is 7.22. The first-order valence-corrected chi connectivity index (χ1v) is 10.7. The molecule has 3 heterocycles. The van der Waals surface area contributed by atoms with Crippen LogP contribution in [-0.2, 0) is 22.7 Å². The molecule has 1 saturated carbocycles. The highest BCUT2D eigenvalue weighted by Crippen LogP contribution is 2.50. The van der Waals surface area contributed by atoms with Gasteiger partial charge in [0.1, 0.15) is 6.04 Å². The van der Waals surface area contributed by atoms with Crippen LogP contribution in [0.2, 0.25) is 0 Å². The fourth-order valence-corrected chi connectivity index (χ4v) is 4.91. The third-order valence-electron chi connectivity index (χ3n) is 7.06. The monoisotopic (exact) mass is 396 g/mol. The number of piperidine rings is 2. The first-order valence-electron chi connectivity index (χ1n) is 10.7. The number of carbonyl (C=O) groups is 3. The van der Waals surface area contributed by atoms with Gasteiger partial charge >= 0.3 is 0 Å². The van der Waals surface area contributed by atoms with Crippen LogP contribution in [0.25, 0.3) is 0 Å². The molecule has 0 aromatic heterocycles. The Morgan fingerprint density at radius 3 is 2.72 bits per heavy atom. The van der Waals surface area contributed by atoms with E-state index in [-0.39, 0.29) is 24.1 Å². The van der Waals surface area contributed by atoms with E-state index in [2.05, 4.69) is 22.0 Å². The molecule has 3 N–H and O–H groups in total. The summed E-state index contributed by atoms with van der Waals surface area (Å²) in [6.07, 6.45) is 6.03. The molecule has 3 aliphatic heterocycles. The van der Waals surface area contributed by atoms with E-state index in [9.17, 15) is 14.4 Å². The van der Waals surface area contributed by atoms with Crippen LogP contribution in [0.15, 0.2) is 18.2 Å². The van der Waals surface area contributed by atoms with Gasteiger partial charge in [-0.15, -0.1) is 0 Å². The number of imide groups is 1. The fourth-order valence-electron chi connectivity index (χ4n) is 4.91. The molecule has 1 aliphatic carbocycles. The molecule has 1 aromatic rings. The second-order valence-corrected chi connectivity index (χ2v) is 9.14. The Hall–Kier alpha value is -2.25. The number of hydrogen-bond acceptors (Lipinski definition) is 5. The molecule has 4 aliphatic rings. The van der Waals surface area contributed by atoms with E-state index in [0.29, 0.717) is 30.0 Å². The van der Waals surface area contributed by atoms with Crippen molar-refractivity contribution in [2.24, 2.45) is 5.41 Å². The summed E-state index contributed by atoms with van der Waals surface area (Å²) in [5.41, 5.74) is 3.34. The highest BCUT2D eigenvalue weighted by atomic mass is 16.2. The number of rotatable bonds is 5. The van der Waals surface area contributed by atoms with Gasteiger partial charge in [0, 0.05) is 44.2 Å². The average molecular weight is 396 g/mol. The number of nitrogens with zero attached hydrogens (tertiary/aromatic N) is 1. The summed E-state index contributed by atoms with van der Waals surface area (Å²) in [5.74, 6) is -0.735. The van der Waals surface area contributed by atoms with Crippen LogP contribution in [0.1, 0.15) is 60.0 Å². The molecule has 2 atom stereocenters. The van der Waals surface area contributed by atoms with Crippen LogP contribution in [0.5, 0.6) is 0 Å². The standard InChI is InChI=1S/C22H28N4O3/c27-19-4-3-18(20(28)25-19)26-12-15-2-1-14(9-17(15)21(26)29)10-23-11-16-5-6-22(7-8-22)13-24-16/h1-2,9,16,18,23-24H,3-8,10-13H2,(H,25,27,28). The van der Waals surface area contributed by atoms with E-state index in [1.165, 1.54) is 25.7 Å². The maximum absolute atomic E-state index is 12.9. The van der Waals surface area contributed by atoms with Crippen molar-refractivity contribution in [3.05, 3.63) is 34.9 Å². The van der Waals surface area contributed by atoms with Gasteiger partial charge in [-0.1, -0.05) is 12.1 Å². The lowest BCUT2D eigenvalue weighted by Gasteiger charge is -2.30. The van der Waals surface area contributed by atoms with Gasteiger partial charge in [0.2, 0.25) is 11.8 Å². The topological polar surface area (TPSA) is 90.5 Å². The molecule has 5 rings (SSSR count). The Balaban J connectivity index is 1.17. The van der Waals surface area contributed by atoms with Gasteiger partial charge in [-0.2, -0.15) is 0 Å². The summed E-state index contributed by atoms with van der Waals surface area (Å²) in [4.78, 5) is 38.0. The third-order valence-corrected chi connectivity index (χ3v) is 7.06. The maximum atomic E-state index is 12.9. The van der Waals surface area contributed by atoms with Crippen LogP contribution < -0.4 is 16.0 Å². The molecule has 2 saturated heterocycles. The van der Waals surface area contributed by atoms with Crippen LogP contribution in [0, 0.1) is 5.41 Å². The van der Waals surface area contributed by atoms with Crippen LogP contribution in [0.3, 0.4) is 0 Å². The van der Waals surface area contributed by atoms with Crippen LogP contribution in [0.4, 0.5) is 0 Å². The Morgan fingerprint density at radius 2 is 2.00 bits per heavy atom. The van der Waals surface area contributed by atoms with Gasteiger partial charge in [0.25, 0.3) is 5.91 Å². The quantitative estimate of drug-likeness (QED) is 0.648. The Morgan fingerprint density at radius 1 is 1.14 bits per heavy atom. The van der Waals surface area contributed by atoms with Gasteiger partial charge in [-0.25, -0.2) is 0 Å². The van der Waals surface area contributed by atoms with Crippen molar-refractivity contribution < 1.29 is 14.4 Å². The minimum atomic E-state index is -0.554. The largest absolute Gasteiger partial charge is 0.322 e. The Kier molecular flexibility index (Phi) is 4.67. The predicted molar refractivity (Wildman–Crippen MR) is 107 cm³/mol. The number of fused-ring (bicyclic) bond motifs is 1. The van der Waals surface area contributed by atoms with E-state index in [1.807, 2.05) is 12.1 Å². The van der Waals surface area contributed by atoms with Gasteiger partial charge in [0.05, 0.1) is 0 Å². The molecule has 0 bridgehead atoms. The molecular weight excluding hydrogens is 368 g/mol. The summed E-state index contributed by atoms with van der Waals surface area (Å²) >= 11 is 0. The molecule has 3 fully saturated rings. The van der Waals surface area contributed by atoms with Crippen LogP contribution >= 0.6 is 0 Å². The summed E-state index contributed by atoms with van der Waals surface area (Å²) in [6, 6.07) is 5.97. The number of hydrogen-bond donors (Lipinski definition) is 3. The van der Waals surface area contributed by atoms with Gasteiger partial charge < -0.3 is 15.5 Å². The summed E-state index contributed by atoms with van der Waals surface area (Å²) < 4.78 is 0. The minimum absolute atomic E-state index is 0.111. The first-order chi connectivity index (χ1) is 14.0. The highest BCUT2D eigenvalue weighted by Gasteiger charge is 2.44. The number of carbonyl (C=O) groups excluding carboxylic acids is 3. The van der Waals surface area contributed by atoms with Crippen LogP contribution in [-0.4, -0.2) is 47.8 Å². The molecule has 0 radical (unpaired) electrons. The SMILES string of the molecule is O=C1CCC(N2Cc3ccc(CNCC4CCC5(CC5)CN4)cc3C2=O)C(=O)N1. The molecule has 154 valence electrons. The molecular formula is C22H28N4O3. The molecule has 7 heteroatoms. The van der Waals surface area contributed by atoms with E-state index in [4.69, 9.17) is 0 Å². The molecule has 1 spiro atoms. The van der Waals surface area contributed by atoms with Crippen molar-refractivity contribution in [1.82, 2.24) is 20.9 Å². The van der Waals surface area contributed by atoms with Crippen molar-refractivity contribution in [2.75, 3.05) is 13.1 Å². The van der Waals surface area contributed by atoms with E-state index >= 15 is 0 Å². The number of benzene rings is 1. The maximum Gasteiger partial charge on any atom is 0.255 e. The molecule has 7 nitrogen and oxygen atoms in total. The molecule has 2 unspecified atom stereocenters. The zero-order valence-electron chi connectivity index (χ0n) is 16.6. The Bertz CT molecular complexity index is 854. The average Bonchev–Trinajstić information content (AvgIpc) is 3.39. The number of amides is 3. The van der Waals surface area contributed by atoms with E-state index < -0.39 is 6.04 Å². The van der Waals surface area contributed by atoms with Crippen molar-refractivity contribution in [3.8, 4) is 0 Å². The third kappa shape index (κ3) is 3.69. The predicted octanol–water partition coefficient (Wildman–Crippen LogP) is 1.07. The summed E-state index contributed by atoms with van der Waals surface area (Å²) in [5, 5.41) is 9.54. The van der Waals surface area contributed by atoms with Crippen molar-refractivity contribution in [3.63, 3.8) is 0 Å². The minimum Gasteiger partial charge on any atom is -0.322 e. The molecule has 29 heavy (non-hydrogen) atoms. The lowest BCUT2D eigenvalue weighted by atomic mass is 9.92. The second-order valence-electron chi connectivity index (χ2n) is 9.14. The van der Waals surface area contributed by atoms with Gasteiger partial charge in [0.15, 0.2) is 0 Å². The lowest BCUT2D eigenvalue weighted by molar-refractivity contribution is -0.136. The highest BCUT2D eigenvalue weighted by molar-refractivity contribution is 6.05. The lowest BCUT2D eigenvalue weighted by Crippen LogP contribution is -2.52. The van der Waals surface area contributed by atoms with Crippen molar-refractivity contribution in [2.45, 2.75) is 63.7 Å². The zero-order chi connectivity index (χ0) is 20.0. The summed E-state index contributed by atoms with van der Waals surface area (Å²) in [7, 11) is 0. The fraction of sp³-hybridized carbons (Fsp3) is 0.591.